The van der Waals surface area contributed by atoms with Crippen LogP contribution in [-0.4, -0.2) is 77.7 Å². The number of para-hydroxylation sites is 1. The third kappa shape index (κ3) is 5.83. The van der Waals surface area contributed by atoms with Crippen molar-refractivity contribution in [1.29, 1.82) is 0 Å². The molecule has 0 spiro atoms. The third-order valence-electron chi connectivity index (χ3n) is 6.79. The van der Waals surface area contributed by atoms with E-state index in [0.29, 0.717) is 36.7 Å². The van der Waals surface area contributed by atoms with Crippen molar-refractivity contribution in [2.24, 2.45) is 0 Å². The minimum Gasteiger partial charge on any atom is -0.494 e. The molecule has 4 amide bonds. The van der Waals surface area contributed by atoms with Crippen LogP contribution < -0.4 is 15.0 Å². The van der Waals surface area contributed by atoms with Crippen LogP contribution in [0.25, 0.3) is 0 Å². The fourth-order valence-electron chi connectivity index (χ4n) is 4.82. The Morgan fingerprint density at radius 2 is 1.89 bits per heavy atom. The number of nitrogens with one attached hydrogen (secondary N) is 1. The van der Waals surface area contributed by atoms with Gasteiger partial charge in [-0.2, -0.15) is 0 Å². The number of carbonyl (C=O) groups excluding carboxylic acids is 3. The number of hydrogen-bond acceptors (Lipinski definition) is 5. The average Bonchev–Trinajstić information content (AvgIpc) is 3.39. The van der Waals surface area contributed by atoms with Crippen molar-refractivity contribution in [3.05, 3.63) is 58.6 Å². The molecule has 2 aromatic carbocycles. The molecule has 10 heteroatoms. The summed E-state index contributed by atoms with van der Waals surface area (Å²) in [5.74, 6) is 0.0173. The van der Waals surface area contributed by atoms with E-state index in [4.69, 9.17) is 16.3 Å². The number of hydrogen-bond donors (Lipinski definition) is 2. The Bertz CT molecular complexity index is 1150. The molecule has 1 unspecified atom stereocenters. The molecule has 1 saturated heterocycles. The van der Waals surface area contributed by atoms with Crippen molar-refractivity contribution < 1.29 is 24.2 Å². The van der Waals surface area contributed by atoms with Gasteiger partial charge in [-0.05, 0) is 56.5 Å². The monoisotopic (exact) mass is 528 g/mol. The maximum Gasteiger partial charge on any atom is 0.318 e. The lowest BCUT2D eigenvalue weighted by Crippen LogP contribution is -2.55. The van der Waals surface area contributed by atoms with Crippen LogP contribution in [0.2, 0.25) is 5.02 Å². The molecule has 2 N–H and O–H groups in total. The molecule has 1 fully saturated rings. The highest BCUT2D eigenvalue weighted by Gasteiger charge is 2.34. The predicted molar refractivity (Wildman–Crippen MR) is 141 cm³/mol. The molecule has 0 bridgehead atoms. The van der Waals surface area contributed by atoms with Crippen molar-refractivity contribution in [1.82, 2.24) is 15.1 Å². The zero-order chi connectivity index (χ0) is 26.5. The smallest absolute Gasteiger partial charge is 0.318 e. The van der Waals surface area contributed by atoms with Crippen LogP contribution in [0.5, 0.6) is 5.75 Å². The van der Waals surface area contributed by atoms with Gasteiger partial charge in [0, 0.05) is 37.9 Å². The van der Waals surface area contributed by atoms with Crippen molar-refractivity contribution in [3.63, 3.8) is 0 Å². The molecule has 0 aliphatic carbocycles. The second kappa shape index (κ2) is 11.8. The van der Waals surface area contributed by atoms with Gasteiger partial charge >= 0.3 is 6.03 Å². The van der Waals surface area contributed by atoms with Crippen LogP contribution in [-0.2, 0) is 11.3 Å². The van der Waals surface area contributed by atoms with Crippen LogP contribution in [0.1, 0.15) is 42.6 Å². The number of nitrogens with zero attached hydrogens (tertiary/aromatic N) is 3. The summed E-state index contributed by atoms with van der Waals surface area (Å²) in [5, 5.41) is 12.8. The molecule has 198 valence electrons. The summed E-state index contributed by atoms with van der Waals surface area (Å²) in [4.78, 5) is 44.7. The number of fused-ring (bicyclic) bond motifs is 1. The van der Waals surface area contributed by atoms with Crippen molar-refractivity contribution in [3.8, 4) is 5.75 Å². The maximum atomic E-state index is 13.7. The van der Waals surface area contributed by atoms with E-state index in [2.05, 4.69) is 5.32 Å². The molecule has 0 aromatic heterocycles. The van der Waals surface area contributed by atoms with Crippen LogP contribution in [0.15, 0.2) is 42.5 Å². The van der Waals surface area contributed by atoms with Gasteiger partial charge in [-0.1, -0.05) is 29.8 Å². The highest BCUT2D eigenvalue weighted by molar-refractivity contribution is 6.34. The first-order valence-corrected chi connectivity index (χ1v) is 13.0. The van der Waals surface area contributed by atoms with Gasteiger partial charge in [0.2, 0.25) is 5.91 Å². The lowest BCUT2D eigenvalue weighted by Gasteiger charge is -2.31. The lowest BCUT2D eigenvalue weighted by atomic mass is 10.1. The number of urea groups is 1. The molecule has 0 saturated carbocycles. The van der Waals surface area contributed by atoms with Gasteiger partial charge in [0.1, 0.15) is 11.8 Å². The minimum absolute atomic E-state index is 0.219. The number of anilines is 1. The summed E-state index contributed by atoms with van der Waals surface area (Å²) in [6.07, 6.45) is 1.83. The first-order valence-electron chi connectivity index (χ1n) is 12.6. The molecule has 4 rings (SSSR count). The number of amides is 4. The van der Waals surface area contributed by atoms with E-state index < -0.39 is 18.7 Å². The Morgan fingerprint density at radius 3 is 2.57 bits per heavy atom. The second-order valence-electron chi connectivity index (χ2n) is 9.31. The van der Waals surface area contributed by atoms with E-state index >= 15 is 0 Å². The van der Waals surface area contributed by atoms with Gasteiger partial charge < -0.3 is 29.9 Å². The normalized spacial score (nSPS) is 18.2. The molecule has 2 atom stereocenters. The van der Waals surface area contributed by atoms with Gasteiger partial charge in [-0.25, -0.2) is 4.79 Å². The number of halogens is 1. The quantitative estimate of drug-likeness (QED) is 0.599. The Labute approximate surface area is 221 Å². The average molecular weight is 529 g/mol. The van der Waals surface area contributed by atoms with Gasteiger partial charge in [-0.3, -0.25) is 9.59 Å². The van der Waals surface area contributed by atoms with Crippen molar-refractivity contribution in [2.75, 3.05) is 37.7 Å². The van der Waals surface area contributed by atoms with Gasteiger partial charge in [0.15, 0.2) is 0 Å². The standard InChI is InChI=1S/C27H33ClN4O5/c1-3-37-20-10-11-21(22(28)14-20)25(34)32-15-18(2)31(16-19-8-4-5-9-24(19)32)27(36)29-23(17-33)26(35)30-12-6-7-13-30/h4-5,8-11,14,18,23,33H,3,6-7,12-13,15-17H2,1-2H3,(H,29,36)/t18-,23?/m1/s1. The number of aliphatic hydroxyl groups excluding tert-OH is 1. The molecule has 2 heterocycles. The van der Waals surface area contributed by atoms with Crippen LogP contribution >= 0.6 is 11.6 Å². The fourth-order valence-corrected chi connectivity index (χ4v) is 5.07. The third-order valence-corrected chi connectivity index (χ3v) is 7.10. The van der Waals surface area contributed by atoms with Crippen LogP contribution in [0.3, 0.4) is 0 Å². The van der Waals surface area contributed by atoms with Crippen LogP contribution in [0.4, 0.5) is 10.5 Å². The summed E-state index contributed by atoms with van der Waals surface area (Å²) >= 11 is 6.46. The number of rotatable bonds is 6. The van der Waals surface area contributed by atoms with Gasteiger partial charge in [0.25, 0.3) is 5.91 Å². The number of benzene rings is 2. The molecular weight excluding hydrogens is 496 g/mol. The molecule has 2 aliphatic heterocycles. The molecule has 2 aromatic rings. The van der Waals surface area contributed by atoms with Gasteiger partial charge in [-0.15, -0.1) is 0 Å². The van der Waals surface area contributed by atoms with Crippen molar-refractivity contribution in [2.45, 2.75) is 45.3 Å². The largest absolute Gasteiger partial charge is 0.494 e. The van der Waals surface area contributed by atoms with Crippen molar-refractivity contribution >= 4 is 35.1 Å². The highest BCUT2D eigenvalue weighted by atomic mass is 35.5. The van der Waals surface area contributed by atoms with E-state index in [0.717, 1.165) is 18.4 Å². The summed E-state index contributed by atoms with van der Waals surface area (Å²) in [6.45, 7) is 5.43. The maximum absolute atomic E-state index is 13.7. The van der Waals surface area contributed by atoms with Crippen LogP contribution in [0, 0.1) is 0 Å². The Balaban J connectivity index is 1.57. The second-order valence-corrected chi connectivity index (χ2v) is 9.72. The Kier molecular flexibility index (Phi) is 8.56. The Morgan fingerprint density at radius 1 is 1.16 bits per heavy atom. The summed E-state index contributed by atoms with van der Waals surface area (Å²) in [6, 6.07) is 10.5. The molecule has 0 radical (unpaired) electrons. The molecule has 37 heavy (non-hydrogen) atoms. The van der Waals surface area contributed by atoms with E-state index in [9.17, 15) is 19.5 Å². The SMILES string of the molecule is CCOc1ccc(C(=O)N2C[C@@H](C)N(C(=O)NC(CO)C(=O)N3CCCC3)Cc3ccccc32)c(Cl)c1. The first-order chi connectivity index (χ1) is 17.8. The zero-order valence-electron chi connectivity index (χ0n) is 21.2. The molecular formula is C27H33ClN4O5. The van der Waals surface area contributed by atoms with E-state index in [1.807, 2.05) is 38.1 Å². The van der Waals surface area contributed by atoms with E-state index in [1.54, 1.807) is 32.9 Å². The number of likely N-dealkylation sites (tertiary alicyclic amines) is 1. The zero-order valence-corrected chi connectivity index (χ0v) is 21.9. The van der Waals surface area contributed by atoms with Gasteiger partial charge in [0.05, 0.1) is 23.8 Å². The summed E-state index contributed by atoms with van der Waals surface area (Å²) in [5.41, 5.74) is 1.80. The number of aliphatic hydroxyl groups is 1. The molecule has 9 nitrogen and oxygen atoms in total. The summed E-state index contributed by atoms with van der Waals surface area (Å²) in [7, 11) is 0. The number of ether oxygens (including phenoxy) is 1. The Hall–Kier alpha value is -3.30. The minimum atomic E-state index is -1.02. The van der Waals surface area contributed by atoms with E-state index in [1.165, 1.54) is 0 Å². The summed E-state index contributed by atoms with van der Waals surface area (Å²) < 4.78 is 5.49. The topological polar surface area (TPSA) is 102 Å². The number of carbonyl (C=O) groups is 3. The first kappa shape index (κ1) is 26.8. The van der Waals surface area contributed by atoms with E-state index in [-0.39, 0.29) is 36.0 Å². The highest BCUT2D eigenvalue weighted by Crippen LogP contribution is 2.31. The lowest BCUT2D eigenvalue weighted by molar-refractivity contribution is -0.133. The molecule has 2 aliphatic rings. The predicted octanol–water partition coefficient (Wildman–Crippen LogP) is 3.28. The fraction of sp³-hybridized carbons (Fsp3) is 0.444.